The average molecular weight is 361 g/mol. The molecular weight excluding hydrogens is 346 g/mol. The number of hydrogen-bond acceptors (Lipinski definition) is 3. The third-order valence-corrected chi connectivity index (χ3v) is 4.47. The van der Waals surface area contributed by atoms with Crippen LogP contribution >= 0.6 is 27.5 Å². The van der Waals surface area contributed by atoms with Gasteiger partial charge >= 0.3 is 0 Å². The Hall–Kier alpha value is -1.27. The van der Waals surface area contributed by atoms with Crippen molar-refractivity contribution in [3.8, 4) is 0 Å². The fourth-order valence-electron chi connectivity index (χ4n) is 2.48. The summed E-state index contributed by atoms with van der Waals surface area (Å²) in [6.07, 6.45) is 3.19. The maximum atomic E-state index is 12.4. The predicted molar refractivity (Wildman–Crippen MR) is 81.2 cm³/mol. The Labute approximate surface area is 130 Å². The van der Waals surface area contributed by atoms with Gasteiger partial charge in [0, 0.05) is 9.50 Å². The van der Waals surface area contributed by atoms with E-state index in [1.54, 1.807) is 18.2 Å². The van der Waals surface area contributed by atoms with E-state index in [-0.39, 0.29) is 11.7 Å². The van der Waals surface area contributed by atoms with E-state index >= 15 is 0 Å². The summed E-state index contributed by atoms with van der Waals surface area (Å²) in [6.45, 7) is 0. The van der Waals surface area contributed by atoms with Gasteiger partial charge in [0.1, 0.15) is 5.54 Å². The molecule has 0 spiro atoms. The van der Waals surface area contributed by atoms with E-state index < -0.39 is 5.54 Å². The molecule has 108 valence electrons. The highest BCUT2D eigenvalue weighted by atomic mass is 79.9. The van der Waals surface area contributed by atoms with Gasteiger partial charge in [-0.2, -0.15) is 0 Å². The van der Waals surface area contributed by atoms with Crippen molar-refractivity contribution in [1.82, 2.24) is 5.32 Å². The largest absolute Gasteiger partial charge is 0.409 e. The molecule has 1 aromatic carbocycles. The van der Waals surface area contributed by atoms with Crippen molar-refractivity contribution in [1.29, 1.82) is 0 Å². The molecule has 2 rings (SSSR count). The number of benzene rings is 1. The molecule has 20 heavy (non-hydrogen) atoms. The first-order chi connectivity index (χ1) is 9.48. The van der Waals surface area contributed by atoms with Crippen LogP contribution in [0.4, 0.5) is 0 Å². The van der Waals surface area contributed by atoms with Crippen LogP contribution in [0.1, 0.15) is 36.0 Å². The topological polar surface area (TPSA) is 87.7 Å². The molecule has 1 fully saturated rings. The standard InChI is InChI=1S/C13H15BrClN3O2/c14-10-7-8(15)3-4-9(10)11(19)17-13(12(16)18-20)5-1-2-6-13/h3-4,7,20H,1-2,5-6H2,(H2,16,18)(H,17,19). The van der Waals surface area contributed by atoms with Crippen molar-refractivity contribution >= 4 is 39.3 Å². The second kappa shape index (κ2) is 6.01. The van der Waals surface area contributed by atoms with Crippen LogP contribution in [0, 0.1) is 0 Å². The number of rotatable bonds is 3. The Morgan fingerprint density at radius 1 is 1.45 bits per heavy atom. The Morgan fingerprint density at radius 2 is 2.10 bits per heavy atom. The maximum absolute atomic E-state index is 12.4. The zero-order valence-corrected chi connectivity index (χ0v) is 13.0. The molecule has 0 aromatic heterocycles. The quantitative estimate of drug-likeness (QED) is 0.335. The average Bonchev–Trinajstić information content (AvgIpc) is 2.87. The van der Waals surface area contributed by atoms with E-state index in [1.165, 1.54) is 0 Å². The van der Waals surface area contributed by atoms with Crippen LogP contribution in [0.2, 0.25) is 5.02 Å². The summed E-state index contributed by atoms with van der Waals surface area (Å²) < 4.78 is 0.607. The molecule has 7 heteroatoms. The number of nitrogens with zero attached hydrogens (tertiary/aromatic N) is 1. The number of amidine groups is 1. The molecular formula is C13H15BrClN3O2. The van der Waals surface area contributed by atoms with Gasteiger partial charge in [0.2, 0.25) is 0 Å². The Balaban J connectivity index is 2.25. The minimum atomic E-state index is -0.759. The number of carbonyl (C=O) groups is 1. The number of oxime groups is 1. The molecule has 0 bridgehead atoms. The van der Waals surface area contributed by atoms with Crippen molar-refractivity contribution in [2.45, 2.75) is 31.2 Å². The van der Waals surface area contributed by atoms with E-state index in [1.807, 2.05) is 0 Å². The van der Waals surface area contributed by atoms with Gasteiger partial charge in [-0.3, -0.25) is 4.79 Å². The molecule has 0 heterocycles. The number of hydrogen-bond donors (Lipinski definition) is 3. The first-order valence-electron chi connectivity index (χ1n) is 6.24. The fraction of sp³-hybridized carbons (Fsp3) is 0.385. The molecule has 0 saturated heterocycles. The second-order valence-corrected chi connectivity index (χ2v) is 6.14. The molecule has 5 nitrogen and oxygen atoms in total. The van der Waals surface area contributed by atoms with Crippen molar-refractivity contribution in [2.75, 3.05) is 0 Å². The fourth-order valence-corrected chi connectivity index (χ4v) is 3.34. The van der Waals surface area contributed by atoms with Crippen LogP contribution in [-0.2, 0) is 0 Å². The van der Waals surface area contributed by atoms with Gasteiger partial charge in [-0.05, 0) is 47.0 Å². The Kier molecular flexibility index (Phi) is 4.55. The van der Waals surface area contributed by atoms with Gasteiger partial charge in [-0.1, -0.05) is 29.6 Å². The summed E-state index contributed by atoms with van der Waals surface area (Å²) in [4.78, 5) is 12.4. The lowest BCUT2D eigenvalue weighted by Gasteiger charge is -2.28. The maximum Gasteiger partial charge on any atom is 0.253 e. The van der Waals surface area contributed by atoms with Gasteiger partial charge in [0.05, 0.1) is 5.56 Å². The first kappa shape index (κ1) is 15.1. The van der Waals surface area contributed by atoms with E-state index in [0.717, 1.165) is 12.8 Å². The molecule has 1 aliphatic carbocycles. The highest BCUT2D eigenvalue weighted by molar-refractivity contribution is 9.10. The monoisotopic (exact) mass is 359 g/mol. The minimum absolute atomic E-state index is 0.0495. The molecule has 4 N–H and O–H groups in total. The molecule has 0 atom stereocenters. The second-order valence-electron chi connectivity index (χ2n) is 4.85. The Morgan fingerprint density at radius 3 is 2.65 bits per heavy atom. The van der Waals surface area contributed by atoms with Crippen LogP contribution in [0.3, 0.4) is 0 Å². The number of carbonyl (C=O) groups excluding carboxylic acids is 1. The smallest absolute Gasteiger partial charge is 0.253 e. The summed E-state index contributed by atoms with van der Waals surface area (Å²) in [5.41, 5.74) is 5.46. The van der Waals surface area contributed by atoms with Gasteiger partial charge in [0.25, 0.3) is 5.91 Å². The highest BCUT2D eigenvalue weighted by Gasteiger charge is 2.40. The number of amides is 1. The summed E-state index contributed by atoms with van der Waals surface area (Å²) >= 11 is 9.17. The van der Waals surface area contributed by atoms with Gasteiger partial charge in [0.15, 0.2) is 5.84 Å². The molecule has 1 saturated carbocycles. The van der Waals surface area contributed by atoms with E-state index in [2.05, 4.69) is 26.4 Å². The number of halogens is 2. The van der Waals surface area contributed by atoms with Crippen LogP contribution in [0.25, 0.3) is 0 Å². The summed E-state index contributed by atoms with van der Waals surface area (Å²) in [5.74, 6) is -0.226. The van der Waals surface area contributed by atoms with E-state index in [9.17, 15) is 4.79 Å². The lowest BCUT2D eigenvalue weighted by atomic mass is 9.95. The van der Waals surface area contributed by atoms with Crippen molar-refractivity contribution < 1.29 is 10.0 Å². The van der Waals surface area contributed by atoms with Crippen molar-refractivity contribution in [3.63, 3.8) is 0 Å². The van der Waals surface area contributed by atoms with Crippen molar-refractivity contribution in [3.05, 3.63) is 33.3 Å². The predicted octanol–water partition coefficient (Wildman–Crippen LogP) is 2.89. The third kappa shape index (κ3) is 2.91. The van der Waals surface area contributed by atoms with Gasteiger partial charge in [-0.15, -0.1) is 0 Å². The lowest BCUT2D eigenvalue weighted by Crippen LogP contribution is -2.55. The third-order valence-electron chi connectivity index (χ3n) is 3.58. The van der Waals surface area contributed by atoms with Crippen LogP contribution in [0.5, 0.6) is 0 Å². The van der Waals surface area contributed by atoms with E-state index in [0.29, 0.717) is 27.9 Å². The SMILES string of the molecule is N/C(=N/O)C1(NC(=O)c2ccc(Cl)cc2Br)CCCC1. The summed E-state index contributed by atoms with van der Waals surface area (Å²) in [6, 6.07) is 4.93. The normalized spacial score (nSPS) is 18.0. The highest BCUT2D eigenvalue weighted by Crippen LogP contribution is 2.31. The zero-order chi connectivity index (χ0) is 14.8. The van der Waals surface area contributed by atoms with Gasteiger partial charge in [-0.25, -0.2) is 0 Å². The summed E-state index contributed by atoms with van der Waals surface area (Å²) in [5, 5.41) is 15.4. The molecule has 1 aromatic rings. The molecule has 0 radical (unpaired) electrons. The zero-order valence-electron chi connectivity index (χ0n) is 10.7. The molecule has 0 aliphatic heterocycles. The molecule has 1 amide bonds. The van der Waals surface area contributed by atoms with Crippen molar-refractivity contribution in [2.24, 2.45) is 10.9 Å². The Bertz CT molecular complexity index is 557. The van der Waals surface area contributed by atoms with Gasteiger partial charge < -0.3 is 16.3 Å². The van der Waals surface area contributed by atoms with Crippen LogP contribution in [0.15, 0.2) is 27.8 Å². The number of nitrogens with two attached hydrogens (primary N) is 1. The minimum Gasteiger partial charge on any atom is -0.409 e. The molecule has 1 aliphatic rings. The van der Waals surface area contributed by atoms with Crippen LogP contribution < -0.4 is 11.1 Å². The number of nitrogens with one attached hydrogen (secondary N) is 1. The lowest BCUT2D eigenvalue weighted by molar-refractivity contribution is 0.0922. The van der Waals surface area contributed by atoms with Crippen LogP contribution in [-0.4, -0.2) is 22.5 Å². The van der Waals surface area contributed by atoms with E-state index in [4.69, 9.17) is 22.5 Å². The summed E-state index contributed by atoms with van der Waals surface area (Å²) in [7, 11) is 0. The molecule has 0 unspecified atom stereocenters. The first-order valence-corrected chi connectivity index (χ1v) is 7.41.